The minimum atomic E-state index is -1.19. The third-order valence-electron chi connectivity index (χ3n) is 3.67. The lowest BCUT2D eigenvalue weighted by molar-refractivity contribution is 0.350. The number of hydrogen-bond acceptors (Lipinski definition) is 3. The van der Waals surface area contributed by atoms with Gasteiger partial charge in [-0.25, -0.2) is 0 Å². The first-order valence-electron chi connectivity index (χ1n) is 6.53. The van der Waals surface area contributed by atoms with Gasteiger partial charge < -0.3 is 14.0 Å². The highest BCUT2D eigenvalue weighted by atomic mass is 79.9. The molecule has 0 fully saturated rings. The number of fused-ring (bicyclic) bond motifs is 2. The molecular formula is C16H15BrO3S. The summed E-state index contributed by atoms with van der Waals surface area (Å²) in [5.74, 6) is 1.34. The molecule has 0 N–H and O–H groups in total. The van der Waals surface area contributed by atoms with Gasteiger partial charge in [0.25, 0.3) is 0 Å². The van der Waals surface area contributed by atoms with E-state index in [2.05, 4.69) is 15.9 Å². The van der Waals surface area contributed by atoms with E-state index in [-0.39, 0.29) is 0 Å². The van der Waals surface area contributed by atoms with Gasteiger partial charge in [-0.2, -0.15) is 0 Å². The number of hydrogen-bond donors (Lipinski definition) is 0. The number of methoxy groups -OCH3 is 2. The van der Waals surface area contributed by atoms with Gasteiger partial charge in [-0.15, -0.1) is 0 Å². The van der Waals surface area contributed by atoms with Crippen molar-refractivity contribution >= 4 is 27.1 Å². The van der Waals surface area contributed by atoms with E-state index < -0.39 is 11.2 Å². The van der Waals surface area contributed by atoms with Gasteiger partial charge in [0, 0.05) is 34.1 Å². The van der Waals surface area contributed by atoms with Crippen LogP contribution in [-0.2, 0) is 22.9 Å². The van der Waals surface area contributed by atoms with Crippen LogP contribution in [0.1, 0.15) is 16.7 Å². The van der Waals surface area contributed by atoms with E-state index in [1.807, 2.05) is 30.3 Å². The predicted molar refractivity (Wildman–Crippen MR) is 86.1 cm³/mol. The van der Waals surface area contributed by atoms with Crippen LogP contribution in [0.15, 0.2) is 40.1 Å². The third-order valence-corrected chi connectivity index (χ3v) is 5.90. The lowest BCUT2D eigenvalue weighted by Gasteiger charge is -2.25. The Morgan fingerprint density at radius 3 is 2.62 bits per heavy atom. The van der Waals surface area contributed by atoms with E-state index in [0.717, 1.165) is 32.9 Å². The summed E-state index contributed by atoms with van der Waals surface area (Å²) in [5.41, 5.74) is 3.05. The average Bonchev–Trinajstić information content (AvgIpc) is 2.53. The highest BCUT2D eigenvalue weighted by Gasteiger charge is 2.34. The molecule has 0 saturated heterocycles. The molecule has 0 aromatic heterocycles. The predicted octanol–water partition coefficient (Wildman–Crippen LogP) is 3.67. The van der Waals surface area contributed by atoms with Gasteiger partial charge in [0.15, 0.2) is 21.3 Å². The maximum Gasteiger partial charge on any atom is 0.170 e. The normalized spacial score (nSPS) is 16.1. The summed E-state index contributed by atoms with van der Waals surface area (Å²) in [7, 11) is 3.23. The lowest BCUT2D eigenvalue weighted by atomic mass is 10.0. The SMILES string of the molecule is COc1cc2c(c(CBr)c1OC)[S+]([O-])c1ccccc1C2. The second-order valence-corrected chi connectivity index (χ2v) is 6.71. The zero-order chi connectivity index (χ0) is 15.0. The van der Waals surface area contributed by atoms with Crippen molar-refractivity contribution in [3.63, 3.8) is 0 Å². The second kappa shape index (κ2) is 5.91. The molecule has 3 rings (SSSR count). The van der Waals surface area contributed by atoms with Crippen molar-refractivity contribution in [2.75, 3.05) is 14.2 Å². The third kappa shape index (κ3) is 2.33. The molecule has 1 heterocycles. The molecule has 1 unspecified atom stereocenters. The Labute approximate surface area is 135 Å². The topological polar surface area (TPSA) is 41.5 Å². The van der Waals surface area contributed by atoms with E-state index in [0.29, 0.717) is 16.8 Å². The molecule has 21 heavy (non-hydrogen) atoms. The van der Waals surface area contributed by atoms with Gasteiger partial charge in [-0.1, -0.05) is 34.1 Å². The smallest absolute Gasteiger partial charge is 0.170 e. The fourth-order valence-electron chi connectivity index (χ4n) is 2.74. The maximum atomic E-state index is 12.9. The number of alkyl halides is 1. The first-order valence-corrected chi connectivity index (χ1v) is 8.80. The summed E-state index contributed by atoms with van der Waals surface area (Å²) in [4.78, 5) is 1.74. The van der Waals surface area contributed by atoms with Crippen molar-refractivity contribution in [1.82, 2.24) is 0 Å². The fourth-order valence-corrected chi connectivity index (χ4v) is 5.02. The molecule has 0 radical (unpaired) electrons. The largest absolute Gasteiger partial charge is 0.606 e. The van der Waals surface area contributed by atoms with Crippen LogP contribution in [0.4, 0.5) is 0 Å². The first-order chi connectivity index (χ1) is 10.2. The lowest BCUT2D eigenvalue weighted by Crippen LogP contribution is -2.17. The highest BCUT2D eigenvalue weighted by molar-refractivity contribution is 9.08. The molecule has 0 bridgehead atoms. The summed E-state index contributed by atoms with van der Waals surface area (Å²) >= 11 is 2.30. The number of ether oxygens (including phenoxy) is 2. The standard InChI is InChI=1S/C16H15BrO3S/c1-19-13-8-11-7-10-5-3-4-6-14(10)21(18)16(11)12(9-17)15(13)20-2/h3-6,8H,7,9H2,1-2H3. The average molecular weight is 367 g/mol. The number of rotatable bonds is 3. The molecule has 5 heteroatoms. The summed E-state index contributed by atoms with van der Waals surface area (Å²) in [6, 6.07) is 9.81. The molecule has 0 saturated carbocycles. The van der Waals surface area contributed by atoms with E-state index >= 15 is 0 Å². The molecule has 0 amide bonds. The van der Waals surface area contributed by atoms with Gasteiger partial charge >= 0.3 is 0 Å². The van der Waals surface area contributed by atoms with Gasteiger partial charge in [0.05, 0.1) is 19.8 Å². The molecule has 110 valence electrons. The Bertz CT molecular complexity index is 687. The van der Waals surface area contributed by atoms with Crippen LogP contribution in [0.25, 0.3) is 0 Å². The minimum Gasteiger partial charge on any atom is -0.606 e. The van der Waals surface area contributed by atoms with E-state index in [4.69, 9.17) is 9.47 Å². The fraction of sp³-hybridized carbons (Fsp3) is 0.250. The minimum absolute atomic E-state index is 0.573. The van der Waals surface area contributed by atoms with Crippen LogP contribution in [0.5, 0.6) is 11.5 Å². The molecule has 3 nitrogen and oxygen atoms in total. The summed E-state index contributed by atoms with van der Waals surface area (Å²) < 4.78 is 23.8. The van der Waals surface area contributed by atoms with Crippen molar-refractivity contribution in [1.29, 1.82) is 0 Å². The molecule has 2 aromatic carbocycles. The Morgan fingerprint density at radius 1 is 1.19 bits per heavy atom. The molecule has 0 spiro atoms. The van der Waals surface area contributed by atoms with E-state index in [9.17, 15) is 4.55 Å². The van der Waals surface area contributed by atoms with Crippen molar-refractivity contribution in [3.8, 4) is 11.5 Å². The van der Waals surface area contributed by atoms with Crippen LogP contribution >= 0.6 is 15.9 Å². The van der Waals surface area contributed by atoms with Crippen LogP contribution in [0, 0.1) is 0 Å². The quantitative estimate of drug-likeness (QED) is 0.614. The van der Waals surface area contributed by atoms with Crippen molar-refractivity contribution in [2.45, 2.75) is 21.5 Å². The van der Waals surface area contributed by atoms with Crippen molar-refractivity contribution < 1.29 is 14.0 Å². The van der Waals surface area contributed by atoms with Crippen LogP contribution in [0.2, 0.25) is 0 Å². The first kappa shape index (κ1) is 14.8. The zero-order valence-corrected chi connectivity index (χ0v) is 14.2. The highest BCUT2D eigenvalue weighted by Crippen LogP contribution is 2.44. The molecule has 2 aromatic rings. The van der Waals surface area contributed by atoms with Gasteiger partial charge in [-0.3, -0.25) is 0 Å². The number of benzene rings is 2. The summed E-state index contributed by atoms with van der Waals surface area (Å²) in [6.45, 7) is 0. The Hall–Kier alpha value is -1.17. The second-order valence-electron chi connectivity index (χ2n) is 4.77. The number of halogens is 1. The van der Waals surface area contributed by atoms with Crippen LogP contribution < -0.4 is 9.47 Å². The van der Waals surface area contributed by atoms with Crippen molar-refractivity contribution in [2.24, 2.45) is 0 Å². The van der Waals surface area contributed by atoms with E-state index in [1.165, 1.54) is 0 Å². The molecule has 1 aliphatic heterocycles. The molecule has 0 aliphatic carbocycles. The monoisotopic (exact) mass is 366 g/mol. The molecular weight excluding hydrogens is 352 g/mol. The Kier molecular flexibility index (Phi) is 4.15. The zero-order valence-electron chi connectivity index (χ0n) is 11.8. The van der Waals surface area contributed by atoms with Gasteiger partial charge in [-0.05, 0) is 12.1 Å². The maximum absolute atomic E-state index is 12.9. The van der Waals surface area contributed by atoms with Crippen LogP contribution in [0.3, 0.4) is 0 Å². The van der Waals surface area contributed by atoms with Crippen molar-refractivity contribution in [3.05, 3.63) is 47.0 Å². The van der Waals surface area contributed by atoms with Gasteiger partial charge in [0.1, 0.15) is 0 Å². The van der Waals surface area contributed by atoms with Gasteiger partial charge in [0.2, 0.25) is 0 Å². The summed E-state index contributed by atoms with van der Waals surface area (Å²) in [5, 5.41) is 0.573. The molecule has 1 aliphatic rings. The van der Waals surface area contributed by atoms with Crippen LogP contribution in [-0.4, -0.2) is 18.8 Å². The Balaban J connectivity index is 2.25. The Morgan fingerprint density at radius 2 is 1.95 bits per heavy atom. The molecule has 1 atom stereocenters. The van der Waals surface area contributed by atoms with E-state index in [1.54, 1.807) is 14.2 Å². The summed E-state index contributed by atoms with van der Waals surface area (Å²) in [6.07, 6.45) is 0.762.